The molecular formula is C8H14N8. The Morgan fingerprint density at radius 1 is 1.50 bits per heavy atom. The van der Waals surface area contributed by atoms with Crippen LogP contribution >= 0.6 is 0 Å². The Morgan fingerprint density at radius 2 is 2.31 bits per heavy atom. The van der Waals surface area contributed by atoms with E-state index in [-0.39, 0.29) is 0 Å². The van der Waals surface area contributed by atoms with Crippen molar-refractivity contribution in [2.24, 2.45) is 0 Å². The van der Waals surface area contributed by atoms with Crippen molar-refractivity contribution in [3.05, 3.63) is 11.5 Å². The first-order chi connectivity index (χ1) is 7.72. The topological polar surface area (TPSA) is 110 Å². The Morgan fingerprint density at radius 3 is 2.94 bits per heavy atom. The number of nitrogen functional groups attached to an aromatic ring is 1. The molecule has 0 fully saturated rings. The molecule has 2 rings (SSSR count). The average Bonchev–Trinajstić information content (AvgIpc) is 2.87. The number of aromatic amines is 1. The number of rotatable bonds is 4. The molecular weight excluding hydrogens is 208 g/mol. The highest BCUT2D eigenvalue weighted by molar-refractivity contribution is 5.64. The lowest BCUT2D eigenvalue weighted by Crippen LogP contribution is -2.09. The van der Waals surface area contributed by atoms with Crippen LogP contribution in [0.4, 0.5) is 11.5 Å². The SMILES string of the molecule is CCn1nc(C)c(N)c1NCc1nn[nH]n1. The standard InChI is InChI=1S/C8H14N8/c1-3-16-8(7(9)5(2)13-16)10-4-6-11-14-15-12-6/h10H,3-4,9H2,1-2H3,(H,11,12,14,15). The Balaban J connectivity index is 2.14. The van der Waals surface area contributed by atoms with Crippen molar-refractivity contribution in [1.29, 1.82) is 0 Å². The van der Waals surface area contributed by atoms with Gasteiger partial charge in [0.25, 0.3) is 0 Å². The van der Waals surface area contributed by atoms with Crippen molar-refractivity contribution in [3.63, 3.8) is 0 Å². The third-order valence-electron chi connectivity index (χ3n) is 2.28. The van der Waals surface area contributed by atoms with E-state index in [2.05, 4.69) is 31.0 Å². The van der Waals surface area contributed by atoms with Crippen LogP contribution in [0.1, 0.15) is 18.4 Å². The fourth-order valence-corrected chi connectivity index (χ4v) is 1.43. The zero-order valence-corrected chi connectivity index (χ0v) is 9.23. The maximum Gasteiger partial charge on any atom is 0.193 e. The van der Waals surface area contributed by atoms with Gasteiger partial charge in [0.2, 0.25) is 0 Å². The molecule has 2 aromatic rings. The van der Waals surface area contributed by atoms with Gasteiger partial charge in [0.15, 0.2) is 5.82 Å². The molecule has 0 aliphatic heterocycles. The minimum absolute atomic E-state index is 0.464. The molecule has 0 radical (unpaired) electrons. The predicted octanol–water partition coefficient (Wildman–Crippen LogP) is -0.0812. The van der Waals surface area contributed by atoms with Gasteiger partial charge in [-0.05, 0) is 13.8 Å². The summed E-state index contributed by atoms with van der Waals surface area (Å²) < 4.78 is 1.81. The monoisotopic (exact) mass is 222 g/mol. The molecule has 0 spiro atoms. The summed E-state index contributed by atoms with van der Waals surface area (Å²) in [6.07, 6.45) is 0. The van der Waals surface area contributed by atoms with Gasteiger partial charge in [-0.15, -0.1) is 10.2 Å². The Kier molecular flexibility index (Phi) is 2.71. The number of nitrogens with one attached hydrogen (secondary N) is 2. The van der Waals surface area contributed by atoms with Gasteiger partial charge in [-0.1, -0.05) is 5.21 Å². The van der Waals surface area contributed by atoms with Gasteiger partial charge in [-0.25, -0.2) is 4.68 Å². The van der Waals surface area contributed by atoms with Gasteiger partial charge in [-0.2, -0.15) is 10.3 Å². The fraction of sp³-hybridized carbons (Fsp3) is 0.500. The van der Waals surface area contributed by atoms with Crippen molar-refractivity contribution in [2.45, 2.75) is 26.9 Å². The summed E-state index contributed by atoms with van der Waals surface area (Å²) >= 11 is 0. The Bertz CT molecular complexity index is 457. The average molecular weight is 222 g/mol. The molecule has 0 aromatic carbocycles. The molecule has 8 heteroatoms. The van der Waals surface area contributed by atoms with Crippen LogP contribution in [-0.4, -0.2) is 30.4 Å². The number of H-pyrrole nitrogens is 1. The molecule has 0 saturated carbocycles. The number of aromatic nitrogens is 6. The lowest BCUT2D eigenvalue weighted by molar-refractivity contribution is 0.656. The number of anilines is 2. The molecule has 2 heterocycles. The summed E-state index contributed by atoms with van der Waals surface area (Å²) in [5.74, 6) is 1.38. The van der Waals surface area contributed by atoms with Crippen LogP contribution in [-0.2, 0) is 13.1 Å². The number of tetrazole rings is 1. The first kappa shape index (κ1) is 10.4. The van der Waals surface area contributed by atoms with Gasteiger partial charge in [0.1, 0.15) is 5.82 Å². The number of hydrogen-bond acceptors (Lipinski definition) is 6. The maximum absolute atomic E-state index is 5.91. The van der Waals surface area contributed by atoms with Gasteiger partial charge >= 0.3 is 0 Å². The van der Waals surface area contributed by atoms with E-state index in [1.165, 1.54) is 0 Å². The van der Waals surface area contributed by atoms with Crippen LogP contribution in [0.5, 0.6) is 0 Å². The summed E-state index contributed by atoms with van der Waals surface area (Å²) in [7, 11) is 0. The third-order valence-corrected chi connectivity index (χ3v) is 2.28. The largest absolute Gasteiger partial charge is 0.394 e. The highest BCUT2D eigenvalue weighted by atomic mass is 15.5. The van der Waals surface area contributed by atoms with Crippen molar-refractivity contribution >= 4 is 11.5 Å². The van der Waals surface area contributed by atoms with Crippen LogP contribution in [0.2, 0.25) is 0 Å². The second kappa shape index (κ2) is 4.17. The molecule has 0 unspecified atom stereocenters. The highest BCUT2D eigenvalue weighted by Crippen LogP contribution is 2.22. The van der Waals surface area contributed by atoms with Crippen molar-refractivity contribution < 1.29 is 0 Å². The first-order valence-corrected chi connectivity index (χ1v) is 5.01. The first-order valence-electron chi connectivity index (χ1n) is 5.01. The normalized spacial score (nSPS) is 10.6. The van der Waals surface area contributed by atoms with Crippen molar-refractivity contribution in [3.8, 4) is 0 Å². The van der Waals surface area contributed by atoms with E-state index >= 15 is 0 Å². The van der Waals surface area contributed by atoms with E-state index in [4.69, 9.17) is 5.73 Å². The minimum atomic E-state index is 0.464. The van der Waals surface area contributed by atoms with E-state index in [1.54, 1.807) is 0 Å². The summed E-state index contributed by atoms with van der Waals surface area (Å²) in [5, 5.41) is 21.0. The zero-order valence-electron chi connectivity index (χ0n) is 9.23. The van der Waals surface area contributed by atoms with Crippen LogP contribution in [0.15, 0.2) is 0 Å². The molecule has 0 bridgehead atoms. The highest BCUT2D eigenvalue weighted by Gasteiger charge is 2.11. The fourth-order valence-electron chi connectivity index (χ4n) is 1.43. The lowest BCUT2D eigenvalue weighted by Gasteiger charge is -2.06. The van der Waals surface area contributed by atoms with E-state index < -0.39 is 0 Å². The molecule has 0 saturated heterocycles. The number of aryl methyl sites for hydroxylation is 2. The second-order valence-electron chi connectivity index (χ2n) is 3.35. The maximum atomic E-state index is 5.91. The molecule has 0 aliphatic carbocycles. The van der Waals surface area contributed by atoms with Gasteiger partial charge in [0, 0.05) is 6.54 Å². The van der Waals surface area contributed by atoms with E-state index in [0.717, 1.165) is 18.1 Å². The molecule has 0 atom stereocenters. The number of nitrogens with two attached hydrogens (primary N) is 1. The van der Waals surface area contributed by atoms with Gasteiger partial charge in [0.05, 0.1) is 17.9 Å². The van der Waals surface area contributed by atoms with E-state index in [9.17, 15) is 0 Å². The van der Waals surface area contributed by atoms with Crippen molar-refractivity contribution in [2.75, 3.05) is 11.1 Å². The van der Waals surface area contributed by atoms with Crippen LogP contribution in [0.25, 0.3) is 0 Å². The van der Waals surface area contributed by atoms with Crippen LogP contribution in [0.3, 0.4) is 0 Å². The summed E-state index contributed by atoms with van der Waals surface area (Å²) in [5.41, 5.74) is 7.38. The Hall–Kier alpha value is -2.12. The summed E-state index contributed by atoms with van der Waals surface area (Å²) in [4.78, 5) is 0. The number of nitrogens with zero attached hydrogens (tertiary/aromatic N) is 5. The predicted molar refractivity (Wildman–Crippen MR) is 58.6 cm³/mol. The molecule has 8 nitrogen and oxygen atoms in total. The number of hydrogen-bond donors (Lipinski definition) is 3. The lowest BCUT2D eigenvalue weighted by atomic mass is 10.4. The van der Waals surface area contributed by atoms with E-state index in [1.807, 2.05) is 18.5 Å². The van der Waals surface area contributed by atoms with Gasteiger partial charge in [-0.3, -0.25) is 0 Å². The van der Waals surface area contributed by atoms with Crippen molar-refractivity contribution in [1.82, 2.24) is 30.4 Å². The quantitative estimate of drug-likeness (QED) is 0.667. The van der Waals surface area contributed by atoms with Gasteiger partial charge < -0.3 is 11.1 Å². The molecule has 4 N–H and O–H groups in total. The smallest absolute Gasteiger partial charge is 0.193 e. The molecule has 0 aliphatic rings. The van der Waals surface area contributed by atoms with Crippen LogP contribution in [0, 0.1) is 6.92 Å². The molecule has 86 valence electrons. The zero-order chi connectivity index (χ0) is 11.5. The molecule has 16 heavy (non-hydrogen) atoms. The third kappa shape index (κ3) is 1.81. The summed E-state index contributed by atoms with van der Waals surface area (Å²) in [6, 6.07) is 0. The summed E-state index contributed by atoms with van der Waals surface area (Å²) in [6.45, 7) is 5.10. The molecule has 0 amide bonds. The van der Waals surface area contributed by atoms with E-state index in [0.29, 0.717) is 18.1 Å². The minimum Gasteiger partial charge on any atom is -0.394 e. The molecule has 2 aromatic heterocycles. The van der Waals surface area contributed by atoms with Crippen LogP contribution < -0.4 is 11.1 Å². The second-order valence-corrected chi connectivity index (χ2v) is 3.35. The Labute approximate surface area is 92.2 Å².